The van der Waals surface area contributed by atoms with Crippen molar-refractivity contribution < 1.29 is 4.74 Å². The van der Waals surface area contributed by atoms with Crippen LogP contribution in [0.25, 0.3) is 0 Å². The van der Waals surface area contributed by atoms with Gasteiger partial charge in [0.2, 0.25) is 0 Å². The fraction of sp³-hybridized carbons (Fsp3) is 0.647. The zero-order valence-corrected chi connectivity index (χ0v) is 12.8. The second-order valence-corrected chi connectivity index (χ2v) is 6.00. The van der Waals surface area contributed by atoms with Crippen LogP contribution in [0, 0.1) is 5.92 Å². The van der Waals surface area contributed by atoms with Crippen LogP contribution in [0.1, 0.15) is 43.4 Å². The van der Waals surface area contributed by atoms with Crippen LogP contribution in [0.15, 0.2) is 24.3 Å². The number of hydrogen-bond acceptors (Lipinski definition) is 3. The lowest BCUT2D eigenvalue weighted by Gasteiger charge is -2.30. The average Bonchev–Trinajstić information content (AvgIpc) is 2.66. The number of rotatable bonds is 5. The summed E-state index contributed by atoms with van der Waals surface area (Å²) in [5, 5.41) is 0. The topological polar surface area (TPSA) is 38.5 Å². The quantitative estimate of drug-likeness (QED) is 0.898. The number of methoxy groups -OCH3 is 1. The first-order valence-corrected chi connectivity index (χ1v) is 7.76. The molecule has 1 aromatic carbocycles. The molecule has 1 fully saturated rings. The van der Waals surface area contributed by atoms with Gasteiger partial charge in [-0.3, -0.25) is 4.90 Å². The monoisotopic (exact) mass is 276 g/mol. The molecule has 0 bridgehead atoms. The Labute approximate surface area is 123 Å². The highest BCUT2D eigenvalue weighted by Gasteiger charge is 2.22. The van der Waals surface area contributed by atoms with Gasteiger partial charge in [-0.25, -0.2) is 0 Å². The van der Waals surface area contributed by atoms with Crippen LogP contribution in [0.3, 0.4) is 0 Å². The van der Waals surface area contributed by atoms with Crippen molar-refractivity contribution in [3.8, 4) is 0 Å². The van der Waals surface area contributed by atoms with E-state index in [1.807, 2.05) is 0 Å². The van der Waals surface area contributed by atoms with Crippen LogP contribution >= 0.6 is 0 Å². The standard InChI is InChI=1S/C17H28N2O/c1-14-5-4-9-19(10-8-14)17(12-18)16-7-3-6-15(11-16)13-20-2/h3,6-7,11,14,17H,4-5,8-10,12-13,18H2,1-2H3. The number of nitrogens with zero attached hydrogens (tertiary/aromatic N) is 1. The van der Waals surface area contributed by atoms with Gasteiger partial charge in [-0.15, -0.1) is 0 Å². The zero-order valence-electron chi connectivity index (χ0n) is 12.8. The van der Waals surface area contributed by atoms with E-state index in [0.29, 0.717) is 19.2 Å². The molecule has 0 amide bonds. The Bertz CT molecular complexity index is 408. The first-order valence-electron chi connectivity index (χ1n) is 7.76. The Hall–Kier alpha value is -0.900. The molecule has 3 heteroatoms. The summed E-state index contributed by atoms with van der Waals surface area (Å²) in [6, 6.07) is 9.02. The molecule has 0 aliphatic carbocycles. The lowest BCUT2D eigenvalue weighted by atomic mass is 10.0. The maximum atomic E-state index is 6.07. The molecule has 1 saturated heterocycles. The minimum Gasteiger partial charge on any atom is -0.380 e. The lowest BCUT2D eigenvalue weighted by Crippen LogP contribution is -2.34. The van der Waals surface area contributed by atoms with E-state index < -0.39 is 0 Å². The number of benzene rings is 1. The van der Waals surface area contributed by atoms with E-state index in [1.54, 1.807) is 7.11 Å². The second kappa shape index (κ2) is 7.77. The summed E-state index contributed by atoms with van der Waals surface area (Å²) in [5.74, 6) is 0.846. The molecule has 1 aliphatic rings. The highest BCUT2D eigenvalue weighted by molar-refractivity contribution is 5.26. The fourth-order valence-electron chi connectivity index (χ4n) is 3.15. The first kappa shape index (κ1) is 15.5. The molecule has 112 valence electrons. The molecule has 0 radical (unpaired) electrons. The highest BCUT2D eigenvalue weighted by Crippen LogP contribution is 2.26. The number of likely N-dealkylation sites (tertiary alicyclic amines) is 1. The van der Waals surface area contributed by atoms with Crippen molar-refractivity contribution in [3.05, 3.63) is 35.4 Å². The van der Waals surface area contributed by atoms with Crippen molar-refractivity contribution in [2.45, 2.75) is 38.8 Å². The third-order valence-electron chi connectivity index (χ3n) is 4.36. The summed E-state index contributed by atoms with van der Waals surface area (Å²) in [7, 11) is 1.74. The molecular formula is C17H28N2O. The van der Waals surface area contributed by atoms with Gasteiger partial charge in [0, 0.05) is 19.7 Å². The van der Waals surface area contributed by atoms with Gasteiger partial charge < -0.3 is 10.5 Å². The molecule has 0 spiro atoms. The van der Waals surface area contributed by atoms with E-state index >= 15 is 0 Å². The van der Waals surface area contributed by atoms with Crippen molar-refractivity contribution in [3.63, 3.8) is 0 Å². The summed E-state index contributed by atoms with van der Waals surface area (Å²) in [4.78, 5) is 2.56. The maximum Gasteiger partial charge on any atom is 0.0713 e. The zero-order chi connectivity index (χ0) is 14.4. The minimum absolute atomic E-state index is 0.345. The largest absolute Gasteiger partial charge is 0.380 e. The van der Waals surface area contributed by atoms with E-state index in [1.165, 1.54) is 36.9 Å². The molecule has 1 aromatic rings. The molecule has 0 saturated carbocycles. The normalized spacial score (nSPS) is 22.4. The van der Waals surface area contributed by atoms with Crippen LogP contribution in [0.4, 0.5) is 0 Å². The number of ether oxygens (including phenoxy) is 1. The lowest BCUT2D eigenvalue weighted by molar-refractivity contribution is 0.184. The predicted molar refractivity (Wildman–Crippen MR) is 83.5 cm³/mol. The molecule has 2 N–H and O–H groups in total. The van der Waals surface area contributed by atoms with Crippen LogP contribution in [-0.2, 0) is 11.3 Å². The SMILES string of the molecule is COCc1cccc(C(CN)N2CCCC(C)CC2)c1. The van der Waals surface area contributed by atoms with E-state index in [2.05, 4.69) is 36.1 Å². The van der Waals surface area contributed by atoms with Crippen molar-refractivity contribution in [2.75, 3.05) is 26.7 Å². The third kappa shape index (κ3) is 4.05. The summed E-state index contributed by atoms with van der Waals surface area (Å²) in [6.45, 7) is 6.05. The summed E-state index contributed by atoms with van der Waals surface area (Å²) >= 11 is 0. The van der Waals surface area contributed by atoms with Crippen LogP contribution in [0.5, 0.6) is 0 Å². The van der Waals surface area contributed by atoms with Gasteiger partial charge in [-0.05, 0) is 49.4 Å². The van der Waals surface area contributed by atoms with Crippen molar-refractivity contribution in [1.82, 2.24) is 4.90 Å². The molecule has 1 aliphatic heterocycles. The Balaban J connectivity index is 2.12. The third-order valence-corrected chi connectivity index (χ3v) is 4.36. The molecule has 2 rings (SSSR count). The van der Waals surface area contributed by atoms with Gasteiger partial charge in [-0.1, -0.05) is 31.2 Å². The second-order valence-electron chi connectivity index (χ2n) is 6.00. The summed E-state index contributed by atoms with van der Waals surface area (Å²) < 4.78 is 5.23. The predicted octanol–water partition coefficient (Wildman–Crippen LogP) is 2.95. The molecule has 20 heavy (non-hydrogen) atoms. The van der Waals surface area contributed by atoms with Crippen LogP contribution < -0.4 is 5.73 Å². The molecular weight excluding hydrogens is 248 g/mol. The van der Waals surface area contributed by atoms with Gasteiger partial charge in [0.1, 0.15) is 0 Å². The smallest absolute Gasteiger partial charge is 0.0713 e. The fourth-order valence-corrected chi connectivity index (χ4v) is 3.15. The maximum absolute atomic E-state index is 6.07. The van der Waals surface area contributed by atoms with E-state index in [9.17, 15) is 0 Å². The van der Waals surface area contributed by atoms with Gasteiger partial charge in [0.05, 0.1) is 6.61 Å². The van der Waals surface area contributed by atoms with Crippen LogP contribution in [0.2, 0.25) is 0 Å². The number of hydrogen-bond donors (Lipinski definition) is 1. The van der Waals surface area contributed by atoms with Crippen LogP contribution in [-0.4, -0.2) is 31.6 Å². The molecule has 2 atom stereocenters. The van der Waals surface area contributed by atoms with E-state index in [4.69, 9.17) is 10.5 Å². The Morgan fingerprint density at radius 1 is 1.35 bits per heavy atom. The van der Waals surface area contributed by atoms with Gasteiger partial charge >= 0.3 is 0 Å². The van der Waals surface area contributed by atoms with Crippen molar-refractivity contribution in [1.29, 1.82) is 0 Å². The van der Waals surface area contributed by atoms with Crippen molar-refractivity contribution >= 4 is 0 Å². The Morgan fingerprint density at radius 2 is 2.20 bits per heavy atom. The van der Waals surface area contributed by atoms with E-state index in [0.717, 1.165) is 12.5 Å². The Kier molecular flexibility index (Phi) is 6.02. The molecule has 2 unspecified atom stereocenters. The molecule has 3 nitrogen and oxygen atoms in total. The van der Waals surface area contributed by atoms with Gasteiger partial charge in [0.25, 0.3) is 0 Å². The highest BCUT2D eigenvalue weighted by atomic mass is 16.5. The first-order chi connectivity index (χ1) is 9.74. The average molecular weight is 276 g/mol. The van der Waals surface area contributed by atoms with Gasteiger partial charge in [-0.2, -0.15) is 0 Å². The molecule has 0 aromatic heterocycles. The van der Waals surface area contributed by atoms with Gasteiger partial charge in [0.15, 0.2) is 0 Å². The van der Waals surface area contributed by atoms with E-state index in [-0.39, 0.29) is 0 Å². The number of nitrogens with two attached hydrogens (primary N) is 1. The van der Waals surface area contributed by atoms with Crippen molar-refractivity contribution in [2.24, 2.45) is 11.7 Å². The summed E-state index contributed by atoms with van der Waals surface area (Å²) in [5.41, 5.74) is 8.63. The minimum atomic E-state index is 0.345. The summed E-state index contributed by atoms with van der Waals surface area (Å²) in [6.07, 6.45) is 3.92. The Morgan fingerprint density at radius 3 is 2.95 bits per heavy atom. The molecule has 1 heterocycles.